The second kappa shape index (κ2) is 3.62. The molecule has 1 N–H and O–H groups in total. The summed E-state index contributed by atoms with van der Waals surface area (Å²) in [6, 6.07) is 8.22. The Balaban J connectivity index is 2.81. The number of hydrogen-bond acceptors (Lipinski definition) is 1. The topological polar surface area (TPSA) is 12.0 Å². The van der Waals surface area contributed by atoms with Gasteiger partial charge in [-0.2, -0.15) is 0 Å². The van der Waals surface area contributed by atoms with E-state index in [2.05, 4.69) is 40.3 Å². The summed E-state index contributed by atoms with van der Waals surface area (Å²) in [6.07, 6.45) is 0. The first-order chi connectivity index (χ1) is 4.84. The zero-order valence-corrected chi connectivity index (χ0v) is 7.48. The fourth-order valence-corrected chi connectivity index (χ4v) is 1.15. The van der Waals surface area contributed by atoms with Crippen LogP contribution >= 0.6 is 15.9 Å². The van der Waals surface area contributed by atoms with E-state index in [1.54, 1.807) is 0 Å². The molecular weight excluding hydrogens is 190 g/mol. The summed E-state index contributed by atoms with van der Waals surface area (Å²) in [4.78, 5) is 0. The zero-order chi connectivity index (χ0) is 7.40. The molecule has 0 radical (unpaired) electrons. The minimum Gasteiger partial charge on any atom is -0.375 e. The first-order valence-corrected chi connectivity index (χ1v) is 4.32. The van der Waals surface area contributed by atoms with E-state index >= 15 is 0 Å². The molecule has 1 rings (SSSR count). The maximum atomic E-state index is 3.31. The van der Waals surface area contributed by atoms with Crippen LogP contribution in [-0.2, 0) is 0 Å². The Morgan fingerprint density at radius 1 is 1.40 bits per heavy atom. The number of benzene rings is 1. The van der Waals surface area contributed by atoms with Gasteiger partial charge in [0, 0.05) is 5.69 Å². The van der Waals surface area contributed by atoms with Crippen molar-refractivity contribution in [2.24, 2.45) is 0 Å². The molecule has 1 aromatic rings. The van der Waals surface area contributed by atoms with Gasteiger partial charge >= 0.3 is 0 Å². The van der Waals surface area contributed by atoms with Gasteiger partial charge in [-0.25, -0.2) is 0 Å². The first kappa shape index (κ1) is 7.61. The van der Waals surface area contributed by atoms with Gasteiger partial charge in [0.05, 0.1) is 5.45 Å². The largest absolute Gasteiger partial charge is 0.375 e. The van der Waals surface area contributed by atoms with Gasteiger partial charge < -0.3 is 5.32 Å². The Labute approximate surface area is 69.6 Å². The van der Waals surface area contributed by atoms with E-state index in [1.165, 1.54) is 11.3 Å². The van der Waals surface area contributed by atoms with Crippen LogP contribution in [0.2, 0.25) is 0 Å². The lowest BCUT2D eigenvalue weighted by Gasteiger charge is -2.04. The van der Waals surface area contributed by atoms with Gasteiger partial charge in [0.25, 0.3) is 0 Å². The van der Waals surface area contributed by atoms with Crippen molar-refractivity contribution in [1.29, 1.82) is 0 Å². The quantitative estimate of drug-likeness (QED) is 0.571. The molecule has 2 heteroatoms. The fraction of sp³-hybridized carbons (Fsp3) is 0.250. The number of rotatable bonds is 2. The van der Waals surface area contributed by atoms with Gasteiger partial charge in [0.2, 0.25) is 0 Å². The fourth-order valence-electron chi connectivity index (χ4n) is 0.843. The predicted molar refractivity (Wildman–Crippen MR) is 48.6 cm³/mol. The molecule has 0 saturated heterocycles. The maximum Gasteiger partial charge on any atom is 0.0707 e. The van der Waals surface area contributed by atoms with Crippen LogP contribution in [0.15, 0.2) is 24.3 Å². The van der Waals surface area contributed by atoms with Crippen LogP contribution in [0.1, 0.15) is 5.56 Å². The molecule has 1 aromatic carbocycles. The molecule has 0 atom stereocenters. The first-order valence-electron chi connectivity index (χ1n) is 3.20. The van der Waals surface area contributed by atoms with E-state index in [9.17, 15) is 0 Å². The third-order valence-corrected chi connectivity index (χ3v) is 1.68. The lowest BCUT2D eigenvalue weighted by Crippen LogP contribution is -1.94. The van der Waals surface area contributed by atoms with Crippen LogP contribution in [-0.4, -0.2) is 5.45 Å². The second-order valence-corrected chi connectivity index (χ2v) is 2.69. The van der Waals surface area contributed by atoms with Crippen molar-refractivity contribution in [3.63, 3.8) is 0 Å². The minimum absolute atomic E-state index is 0.803. The van der Waals surface area contributed by atoms with E-state index in [0.717, 1.165) is 5.45 Å². The van der Waals surface area contributed by atoms with Crippen LogP contribution in [0, 0.1) is 6.92 Å². The van der Waals surface area contributed by atoms with E-state index in [4.69, 9.17) is 0 Å². The van der Waals surface area contributed by atoms with Crippen molar-refractivity contribution in [1.82, 2.24) is 0 Å². The number of anilines is 1. The lowest BCUT2D eigenvalue weighted by atomic mass is 10.2. The van der Waals surface area contributed by atoms with Crippen molar-refractivity contribution >= 4 is 21.6 Å². The Morgan fingerprint density at radius 2 is 2.10 bits per heavy atom. The van der Waals surface area contributed by atoms with Crippen LogP contribution in [0.5, 0.6) is 0 Å². The maximum absolute atomic E-state index is 3.31. The minimum atomic E-state index is 0.803. The summed E-state index contributed by atoms with van der Waals surface area (Å²) in [5, 5.41) is 3.19. The summed E-state index contributed by atoms with van der Waals surface area (Å²) in [5.41, 5.74) is 3.28. The molecular formula is C8H10BrN. The monoisotopic (exact) mass is 199 g/mol. The number of hydrogen-bond donors (Lipinski definition) is 1. The van der Waals surface area contributed by atoms with Crippen molar-refractivity contribution in [3.8, 4) is 0 Å². The molecule has 0 saturated carbocycles. The van der Waals surface area contributed by atoms with Gasteiger partial charge in [0.1, 0.15) is 0 Å². The van der Waals surface area contributed by atoms with Gasteiger partial charge in [-0.05, 0) is 18.6 Å². The normalized spacial score (nSPS) is 9.40. The van der Waals surface area contributed by atoms with E-state index in [0.29, 0.717) is 0 Å². The zero-order valence-electron chi connectivity index (χ0n) is 5.89. The SMILES string of the molecule is Cc1ccccc1NCBr. The standard InChI is InChI=1S/C8H10BrN/c1-7-4-2-3-5-8(7)10-6-9/h2-5,10H,6H2,1H3. The number of alkyl halides is 1. The molecule has 0 spiro atoms. The summed E-state index contributed by atoms with van der Waals surface area (Å²) in [5.74, 6) is 0. The lowest BCUT2D eigenvalue weighted by molar-refractivity contribution is 1.39. The smallest absolute Gasteiger partial charge is 0.0707 e. The highest BCUT2D eigenvalue weighted by atomic mass is 79.9. The van der Waals surface area contributed by atoms with Crippen LogP contribution in [0.4, 0.5) is 5.69 Å². The Morgan fingerprint density at radius 3 is 2.70 bits per heavy atom. The molecule has 0 amide bonds. The highest BCUT2D eigenvalue weighted by Crippen LogP contribution is 2.12. The second-order valence-electron chi connectivity index (χ2n) is 2.13. The van der Waals surface area contributed by atoms with Gasteiger partial charge in [-0.3, -0.25) is 0 Å². The van der Waals surface area contributed by atoms with Gasteiger partial charge in [-0.1, -0.05) is 34.1 Å². The Hall–Kier alpha value is -0.500. The number of nitrogens with one attached hydrogen (secondary N) is 1. The highest BCUT2D eigenvalue weighted by molar-refractivity contribution is 9.09. The number of para-hydroxylation sites is 1. The molecule has 1 nitrogen and oxygen atoms in total. The summed E-state index contributed by atoms with van der Waals surface area (Å²) in [7, 11) is 0. The van der Waals surface area contributed by atoms with Crippen LogP contribution in [0.3, 0.4) is 0 Å². The molecule has 0 heterocycles. The average Bonchev–Trinajstić information content (AvgIpc) is 1.94. The molecule has 0 aromatic heterocycles. The number of halogens is 1. The van der Waals surface area contributed by atoms with E-state index in [-0.39, 0.29) is 0 Å². The van der Waals surface area contributed by atoms with Crippen molar-refractivity contribution < 1.29 is 0 Å². The van der Waals surface area contributed by atoms with Gasteiger partial charge in [0.15, 0.2) is 0 Å². The van der Waals surface area contributed by atoms with Gasteiger partial charge in [-0.15, -0.1) is 0 Å². The van der Waals surface area contributed by atoms with Crippen molar-refractivity contribution in [2.45, 2.75) is 6.92 Å². The third kappa shape index (κ3) is 1.74. The third-order valence-electron chi connectivity index (χ3n) is 1.40. The summed E-state index contributed by atoms with van der Waals surface area (Å²) >= 11 is 3.31. The average molecular weight is 200 g/mol. The Kier molecular flexibility index (Phi) is 2.75. The van der Waals surface area contributed by atoms with Crippen molar-refractivity contribution in [2.75, 3.05) is 10.8 Å². The predicted octanol–water partition coefficient (Wildman–Crippen LogP) is 2.76. The molecule has 54 valence electrons. The molecule has 10 heavy (non-hydrogen) atoms. The molecule has 0 aliphatic heterocycles. The van der Waals surface area contributed by atoms with Crippen LogP contribution < -0.4 is 5.32 Å². The van der Waals surface area contributed by atoms with Crippen LogP contribution in [0.25, 0.3) is 0 Å². The summed E-state index contributed by atoms with van der Waals surface area (Å²) < 4.78 is 0. The highest BCUT2D eigenvalue weighted by Gasteiger charge is 1.91. The molecule has 0 unspecified atom stereocenters. The molecule has 0 aliphatic rings. The number of aryl methyl sites for hydroxylation is 1. The van der Waals surface area contributed by atoms with E-state index in [1.807, 2.05) is 12.1 Å². The molecule has 0 bridgehead atoms. The summed E-state index contributed by atoms with van der Waals surface area (Å²) in [6.45, 7) is 2.09. The Bertz CT molecular complexity index is 210. The molecule has 0 aliphatic carbocycles. The van der Waals surface area contributed by atoms with Crippen molar-refractivity contribution in [3.05, 3.63) is 29.8 Å². The molecule has 0 fully saturated rings. The van der Waals surface area contributed by atoms with E-state index < -0.39 is 0 Å².